The molecule has 0 aliphatic rings. The van der Waals surface area contributed by atoms with Crippen molar-refractivity contribution >= 4 is 17.1 Å². The highest BCUT2D eigenvalue weighted by atomic mass is 32.1. The smallest absolute Gasteiger partial charge is 0.166 e. The standard InChI is InChI=1S/C13H15NOS/c1-10(2)13(15)11-5-6-14(8-11)9-12-4-3-7-16-12/h3-8,10H,9H2,1-2H3. The Kier molecular flexibility index (Phi) is 3.25. The third-order valence-electron chi connectivity index (χ3n) is 2.48. The fourth-order valence-electron chi connectivity index (χ4n) is 1.60. The van der Waals surface area contributed by atoms with E-state index < -0.39 is 0 Å². The molecule has 0 aliphatic carbocycles. The van der Waals surface area contributed by atoms with Crippen molar-refractivity contribution in [1.82, 2.24) is 4.57 Å². The fourth-order valence-corrected chi connectivity index (χ4v) is 2.31. The van der Waals surface area contributed by atoms with Gasteiger partial charge in [0, 0.05) is 28.8 Å². The highest BCUT2D eigenvalue weighted by Crippen LogP contribution is 2.13. The van der Waals surface area contributed by atoms with Crippen LogP contribution in [0.4, 0.5) is 0 Å². The maximum absolute atomic E-state index is 11.7. The molecule has 0 unspecified atom stereocenters. The van der Waals surface area contributed by atoms with Crippen LogP contribution in [0.5, 0.6) is 0 Å². The monoisotopic (exact) mass is 233 g/mol. The van der Waals surface area contributed by atoms with Crippen LogP contribution in [0.3, 0.4) is 0 Å². The van der Waals surface area contributed by atoms with Crippen molar-refractivity contribution in [3.8, 4) is 0 Å². The topological polar surface area (TPSA) is 22.0 Å². The number of rotatable bonds is 4. The second-order valence-electron chi connectivity index (χ2n) is 4.17. The van der Waals surface area contributed by atoms with E-state index in [9.17, 15) is 4.79 Å². The summed E-state index contributed by atoms with van der Waals surface area (Å²) >= 11 is 1.74. The largest absolute Gasteiger partial charge is 0.348 e. The van der Waals surface area contributed by atoms with Crippen LogP contribution >= 0.6 is 11.3 Å². The molecule has 0 N–H and O–H groups in total. The lowest BCUT2D eigenvalue weighted by Gasteiger charge is -2.01. The van der Waals surface area contributed by atoms with Crippen LogP contribution in [-0.4, -0.2) is 10.4 Å². The Labute approximate surface area is 99.5 Å². The van der Waals surface area contributed by atoms with Gasteiger partial charge in [0.25, 0.3) is 0 Å². The molecule has 0 bridgehead atoms. The summed E-state index contributed by atoms with van der Waals surface area (Å²) in [5, 5.41) is 2.07. The average Bonchev–Trinajstić information content (AvgIpc) is 2.88. The number of carbonyl (C=O) groups is 1. The van der Waals surface area contributed by atoms with Crippen LogP contribution in [0.2, 0.25) is 0 Å². The van der Waals surface area contributed by atoms with Gasteiger partial charge in [-0.25, -0.2) is 0 Å². The van der Waals surface area contributed by atoms with Crippen molar-refractivity contribution in [2.45, 2.75) is 20.4 Å². The molecule has 3 heteroatoms. The second kappa shape index (κ2) is 4.66. The Balaban J connectivity index is 2.11. The quantitative estimate of drug-likeness (QED) is 0.741. The lowest BCUT2D eigenvalue weighted by molar-refractivity contribution is 0.0939. The van der Waals surface area contributed by atoms with E-state index in [0.29, 0.717) is 0 Å². The molecule has 0 aromatic carbocycles. The summed E-state index contributed by atoms with van der Waals surface area (Å²) in [5.41, 5.74) is 0.812. The van der Waals surface area contributed by atoms with Gasteiger partial charge in [-0.2, -0.15) is 0 Å². The molecule has 84 valence electrons. The van der Waals surface area contributed by atoms with Gasteiger partial charge in [-0.15, -0.1) is 11.3 Å². The molecule has 16 heavy (non-hydrogen) atoms. The summed E-state index contributed by atoms with van der Waals surface area (Å²) in [7, 11) is 0. The van der Waals surface area contributed by atoms with E-state index in [-0.39, 0.29) is 11.7 Å². The molecular formula is C13H15NOS. The number of hydrogen-bond acceptors (Lipinski definition) is 2. The zero-order valence-electron chi connectivity index (χ0n) is 9.51. The highest BCUT2D eigenvalue weighted by molar-refractivity contribution is 7.09. The Morgan fingerprint density at radius 1 is 1.44 bits per heavy atom. The molecule has 0 aliphatic heterocycles. The van der Waals surface area contributed by atoms with Crippen LogP contribution < -0.4 is 0 Å². The van der Waals surface area contributed by atoms with E-state index in [1.54, 1.807) is 11.3 Å². The molecule has 0 atom stereocenters. The van der Waals surface area contributed by atoms with Crippen LogP contribution in [-0.2, 0) is 6.54 Å². The Bertz CT molecular complexity index is 468. The number of nitrogens with zero attached hydrogens (tertiary/aromatic N) is 1. The van der Waals surface area contributed by atoms with Crippen molar-refractivity contribution in [3.05, 3.63) is 46.4 Å². The molecule has 2 aromatic heterocycles. The van der Waals surface area contributed by atoms with Crippen molar-refractivity contribution in [2.24, 2.45) is 5.92 Å². The molecule has 2 heterocycles. The zero-order valence-corrected chi connectivity index (χ0v) is 10.3. The van der Waals surface area contributed by atoms with Crippen molar-refractivity contribution in [1.29, 1.82) is 0 Å². The summed E-state index contributed by atoms with van der Waals surface area (Å²) in [4.78, 5) is 13.1. The van der Waals surface area contributed by atoms with E-state index >= 15 is 0 Å². The number of hydrogen-bond donors (Lipinski definition) is 0. The van der Waals surface area contributed by atoms with Crippen LogP contribution in [0.15, 0.2) is 36.0 Å². The van der Waals surface area contributed by atoms with Gasteiger partial charge < -0.3 is 4.57 Å². The molecule has 0 saturated carbocycles. The summed E-state index contributed by atoms with van der Waals surface area (Å²) in [6, 6.07) is 6.05. The van der Waals surface area contributed by atoms with Gasteiger partial charge in [-0.3, -0.25) is 4.79 Å². The van der Waals surface area contributed by atoms with Gasteiger partial charge in [0.2, 0.25) is 0 Å². The first-order valence-electron chi connectivity index (χ1n) is 5.39. The summed E-state index contributed by atoms with van der Waals surface area (Å²) in [6.45, 7) is 4.71. The molecule has 0 radical (unpaired) electrons. The second-order valence-corrected chi connectivity index (χ2v) is 5.20. The minimum absolute atomic E-state index is 0.0672. The molecule has 2 aromatic rings. The van der Waals surface area contributed by atoms with Crippen LogP contribution in [0.25, 0.3) is 0 Å². The van der Waals surface area contributed by atoms with Gasteiger partial charge in [0.1, 0.15) is 0 Å². The predicted octanol–water partition coefficient (Wildman–Crippen LogP) is 3.44. The Hall–Kier alpha value is -1.35. The van der Waals surface area contributed by atoms with Crippen LogP contribution in [0.1, 0.15) is 29.1 Å². The summed E-state index contributed by atoms with van der Waals surface area (Å²) in [6.07, 6.45) is 3.90. The minimum Gasteiger partial charge on any atom is -0.348 e. The lowest BCUT2D eigenvalue weighted by atomic mass is 10.0. The highest BCUT2D eigenvalue weighted by Gasteiger charge is 2.11. The molecule has 0 amide bonds. The van der Waals surface area contributed by atoms with E-state index in [2.05, 4.69) is 16.0 Å². The van der Waals surface area contributed by atoms with Gasteiger partial charge in [0.15, 0.2) is 5.78 Å². The average molecular weight is 233 g/mol. The maximum Gasteiger partial charge on any atom is 0.166 e. The number of aromatic nitrogens is 1. The summed E-state index contributed by atoms with van der Waals surface area (Å²) in [5.74, 6) is 0.280. The first kappa shape index (κ1) is 11.1. The first-order valence-corrected chi connectivity index (χ1v) is 6.27. The van der Waals surface area contributed by atoms with E-state index in [1.165, 1.54) is 4.88 Å². The van der Waals surface area contributed by atoms with E-state index in [4.69, 9.17) is 0 Å². The molecular weight excluding hydrogens is 218 g/mol. The first-order chi connectivity index (χ1) is 7.66. The van der Waals surface area contributed by atoms with E-state index in [0.717, 1.165) is 12.1 Å². The van der Waals surface area contributed by atoms with Gasteiger partial charge in [-0.05, 0) is 17.5 Å². The van der Waals surface area contributed by atoms with Crippen molar-refractivity contribution in [2.75, 3.05) is 0 Å². The number of Topliss-reactive ketones (excluding diaryl/α,β-unsaturated/α-hetero) is 1. The van der Waals surface area contributed by atoms with Gasteiger partial charge in [0.05, 0.1) is 6.54 Å². The number of ketones is 1. The van der Waals surface area contributed by atoms with Crippen molar-refractivity contribution in [3.63, 3.8) is 0 Å². The Morgan fingerprint density at radius 2 is 2.25 bits per heavy atom. The predicted molar refractivity (Wildman–Crippen MR) is 67.0 cm³/mol. The minimum atomic E-state index is 0.0672. The molecule has 0 spiro atoms. The van der Waals surface area contributed by atoms with Gasteiger partial charge in [-0.1, -0.05) is 19.9 Å². The van der Waals surface area contributed by atoms with Crippen LogP contribution in [0, 0.1) is 5.92 Å². The lowest BCUT2D eigenvalue weighted by Crippen LogP contribution is -2.06. The molecule has 2 nitrogen and oxygen atoms in total. The maximum atomic E-state index is 11.7. The molecule has 0 saturated heterocycles. The SMILES string of the molecule is CC(C)C(=O)c1ccn(Cc2cccs2)c1. The van der Waals surface area contributed by atoms with Gasteiger partial charge >= 0.3 is 0 Å². The van der Waals surface area contributed by atoms with Crippen molar-refractivity contribution < 1.29 is 4.79 Å². The number of thiophene rings is 1. The zero-order chi connectivity index (χ0) is 11.5. The third-order valence-corrected chi connectivity index (χ3v) is 3.34. The molecule has 2 rings (SSSR count). The molecule has 0 fully saturated rings. The third kappa shape index (κ3) is 2.42. The Morgan fingerprint density at radius 3 is 2.88 bits per heavy atom. The number of carbonyl (C=O) groups excluding carboxylic acids is 1. The normalized spacial score (nSPS) is 10.9. The van der Waals surface area contributed by atoms with E-state index in [1.807, 2.05) is 38.4 Å². The fraction of sp³-hybridized carbons (Fsp3) is 0.308. The summed E-state index contributed by atoms with van der Waals surface area (Å²) < 4.78 is 2.06.